The lowest BCUT2D eigenvalue weighted by molar-refractivity contribution is -0.0460. The van der Waals surface area contributed by atoms with Crippen LogP contribution >= 0.6 is 0 Å². The van der Waals surface area contributed by atoms with Crippen molar-refractivity contribution in [1.29, 1.82) is 0 Å². The fourth-order valence-electron chi connectivity index (χ4n) is 4.08. The maximum absolute atomic E-state index is 6.30. The van der Waals surface area contributed by atoms with Gasteiger partial charge in [0.1, 0.15) is 0 Å². The summed E-state index contributed by atoms with van der Waals surface area (Å²) in [5.41, 5.74) is 1.34. The lowest BCUT2D eigenvalue weighted by Crippen LogP contribution is -2.46. The number of piperidine rings is 1. The molecule has 0 aliphatic carbocycles. The predicted molar refractivity (Wildman–Crippen MR) is 82.6 cm³/mol. The Labute approximate surface area is 131 Å². The second kappa shape index (κ2) is 6.28. The highest BCUT2D eigenvalue weighted by Crippen LogP contribution is 2.38. The van der Waals surface area contributed by atoms with Crippen molar-refractivity contribution in [3.05, 3.63) is 18.2 Å². The molecule has 4 heterocycles. The lowest BCUT2D eigenvalue weighted by atomic mass is 9.87. The average Bonchev–Trinajstić information content (AvgIpc) is 3.21. The Hall–Kier alpha value is -0.950. The standard InChI is InChI=1S/C16H26N4O2/c1-3-19(11-14-10-17-13-18-14)4-2-16(1)9-15(12-22-16)20-5-7-21-8-6-20/h10,13,15H,1-9,11-12H2,(H,17,18). The van der Waals surface area contributed by atoms with Gasteiger partial charge in [0.05, 0.1) is 31.7 Å². The van der Waals surface area contributed by atoms with E-state index in [0.717, 1.165) is 65.4 Å². The van der Waals surface area contributed by atoms with Crippen LogP contribution in [-0.4, -0.2) is 77.4 Å². The molecule has 0 bridgehead atoms. The largest absolute Gasteiger partial charge is 0.379 e. The Balaban J connectivity index is 1.29. The molecule has 0 radical (unpaired) electrons. The van der Waals surface area contributed by atoms with Crippen LogP contribution in [0.1, 0.15) is 25.0 Å². The summed E-state index contributed by atoms with van der Waals surface area (Å²) in [6, 6.07) is 0.600. The fraction of sp³-hybridized carbons (Fsp3) is 0.812. The monoisotopic (exact) mass is 306 g/mol. The summed E-state index contributed by atoms with van der Waals surface area (Å²) in [6.45, 7) is 8.00. The van der Waals surface area contributed by atoms with Gasteiger partial charge in [-0.25, -0.2) is 4.98 Å². The second-order valence-electron chi connectivity index (χ2n) is 6.85. The van der Waals surface area contributed by atoms with Gasteiger partial charge >= 0.3 is 0 Å². The van der Waals surface area contributed by atoms with Gasteiger partial charge in [0.2, 0.25) is 0 Å². The highest BCUT2D eigenvalue weighted by molar-refractivity contribution is 4.99. The molecule has 1 N–H and O–H groups in total. The van der Waals surface area contributed by atoms with Crippen LogP contribution in [0.4, 0.5) is 0 Å². The number of aromatic amines is 1. The van der Waals surface area contributed by atoms with Crippen molar-refractivity contribution < 1.29 is 9.47 Å². The highest BCUT2D eigenvalue weighted by atomic mass is 16.5. The van der Waals surface area contributed by atoms with Gasteiger partial charge in [0.25, 0.3) is 0 Å². The van der Waals surface area contributed by atoms with Crippen molar-refractivity contribution in [3.8, 4) is 0 Å². The molecule has 0 saturated carbocycles. The summed E-state index contributed by atoms with van der Waals surface area (Å²) in [5, 5.41) is 0. The fourth-order valence-corrected chi connectivity index (χ4v) is 4.08. The number of hydrogen-bond acceptors (Lipinski definition) is 5. The number of ether oxygens (including phenoxy) is 2. The van der Waals surface area contributed by atoms with Crippen LogP contribution < -0.4 is 0 Å². The van der Waals surface area contributed by atoms with Gasteiger partial charge in [-0.15, -0.1) is 0 Å². The van der Waals surface area contributed by atoms with Gasteiger partial charge in [-0.1, -0.05) is 0 Å². The SMILES string of the molecule is c1ncc(CN2CCC3(CC2)CC(N2CCOCC2)CO3)[nH]1. The molecular formula is C16H26N4O2. The minimum Gasteiger partial charge on any atom is -0.379 e. The number of rotatable bonds is 3. The molecule has 1 aromatic rings. The van der Waals surface area contributed by atoms with Crippen LogP contribution in [0.2, 0.25) is 0 Å². The summed E-state index contributed by atoms with van der Waals surface area (Å²) < 4.78 is 11.8. The van der Waals surface area contributed by atoms with Crippen LogP contribution in [0.25, 0.3) is 0 Å². The van der Waals surface area contributed by atoms with E-state index in [-0.39, 0.29) is 5.60 Å². The third-order valence-corrected chi connectivity index (χ3v) is 5.47. The van der Waals surface area contributed by atoms with Crippen molar-refractivity contribution in [1.82, 2.24) is 19.8 Å². The Bertz CT molecular complexity index is 465. The molecule has 122 valence electrons. The summed E-state index contributed by atoms with van der Waals surface area (Å²) >= 11 is 0. The zero-order chi connectivity index (χ0) is 14.8. The van der Waals surface area contributed by atoms with E-state index in [1.165, 1.54) is 12.1 Å². The van der Waals surface area contributed by atoms with Crippen LogP contribution in [-0.2, 0) is 16.0 Å². The van der Waals surface area contributed by atoms with Gasteiger partial charge in [0, 0.05) is 50.7 Å². The predicted octanol–water partition coefficient (Wildman–Crippen LogP) is 0.865. The highest BCUT2D eigenvalue weighted by Gasteiger charge is 2.44. The zero-order valence-electron chi connectivity index (χ0n) is 13.2. The molecule has 1 atom stereocenters. The summed E-state index contributed by atoms with van der Waals surface area (Å²) in [4.78, 5) is 12.4. The molecule has 3 aliphatic heterocycles. The maximum Gasteiger partial charge on any atom is 0.0922 e. The molecule has 1 unspecified atom stereocenters. The van der Waals surface area contributed by atoms with E-state index in [1.807, 2.05) is 6.20 Å². The van der Waals surface area contributed by atoms with Crippen LogP contribution in [0.5, 0.6) is 0 Å². The number of aromatic nitrogens is 2. The first-order chi connectivity index (χ1) is 10.8. The van der Waals surface area contributed by atoms with Gasteiger partial charge in [-0.3, -0.25) is 9.80 Å². The number of imidazole rings is 1. The van der Waals surface area contributed by atoms with Crippen molar-refractivity contribution >= 4 is 0 Å². The molecule has 3 fully saturated rings. The number of nitrogens with one attached hydrogen (secondary N) is 1. The normalized spacial score (nSPS) is 30.1. The van der Waals surface area contributed by atoms with E-state index in [4.69, 9.17) is 9.47 Å². The number of likely N-dealkylation sites (tertiary alicyclic amines) is 1. The zero-order valence-corrected chi connectivity index (χ0v) is 13.2. The molecule has 0 aromatic carbocycles. The van der Waals surface area contributed by atoms with Crippen LogP contribution in [0.3, 0.4) is 0 Å². The molecule has 1 spiro atoms. The third kappa shape index (κ3) is 3.06. The smallest absolute Gasteiger partial charge is 0.0922 e. The first-order valence-electron chi connectivity index (χ1n) is 8.48. The van der Waals surface area contributed by atoms with Gasteiger partial charge < -0.3 is 14.5 Å². The molecule has 3 aliphatic rings. The van der Waals surface area contributed by atoms with E-state index in [1.54, 1.807) is 6.33 Å². The molecule has 22 heavy (non-hydrogen) atoms. The minimum atomic E-state index is 0.132. The Kier molecular flexibility index (Phi) is 4.17. The van der Waals surface area contributed by atoms with E-state index in [9.17, 15) is 0 Å². The maximum atomic E-state index is 6.30. The summed E-state index contributed by atoms with van der Waals surface area (Å²) in [5.74, 6) is 0. The Morgan fingerprint density at radius 3 is 2.77 bits per heavy atom. The van der Waals surface area contributed by atoms with Crippen molar-refractivity contribution in [2.75, 3.05) is 46.0 Å². The number of morpholine rings is 1. The van der Waals surface area contributed by atoms with Crippen LogP contribution in [0, 0.1) is 0 Å². The first-order valence-corrected chi connectivity index (χ1v) is 8.48. The topological polar surface area (TPSA) is 53.6 Å². The molecule has 3 saturated heterocycles. The van der Waals surface area contributed by atoms with E-state index >= 15 is 0 Å². The number of H-pyrrole nitrogens is 1. The van der Waals surface area contributed by atoms with E-state index in [0.29, 0.717) is 6.04 Å². The molecule has 0 amide bonds. The van der Waals surface area contributed by atoms with Gasteiger partial charge in [-0.2, -0.15) is 0 Å². The number of nitrogens with zero attached hydrogens (tertiary/aromatic N) is 3. The molecule has 1 aromatic heterocycles. The van der Waals surface area contributed by atoms with Crippen molar-refractivity contribution in [2.45, 2.75) is 37.5 Å². The Morgan fingerprint density at radius 2 is 2.05 bits per heavy atom. The Morgan fingerprint density at radius 1 is 1.23 bits per heavy atom. The quantitative estimate of drug-likeness (QED) is 0.898. The second-order valence-corrected chi connectivity index (χ2v) is 6.85. The molecule has 6 heteroatoms. The summed E-state index contributed by atoms with van der Waals surface area (Å²) in [6.07, 6.45) is 7.19. The molecular weight excluding hydrogens is 280 g/mol. The third-order valence-electron chi connectivity index (χ3n) is 5.47. The van der Waals surface area contributed by atoms with Gasteiger partial charge in [0.15, 0.2) is 0 Å². The van der Waals surface area contributed by atoms with E-state index < -0.39 is 0 Å². The minimum absolute atomic E-state index is 0.132. The number of hydrogen-bond donors (Lipinski definition) is 1. The molecule has 6 nitrogen and oxygen atoms in total. The van der Waals surface area contributed by atoms with Crippen LogP contribution in [0.15, 0.2) is 12.5 Å². The van der Waals surface area contributed by atoms with Crippen molar-refractivity contribution in [3.63, 3.8) is 0 Å². The molecule has 4 rings (SSSR count). The first kappa shape index (κ1) is 14.6. The summed E-state index contributed by atoms with van der Waals surface area (Å²) in [7, 11) is 0. The van der Waals surface area contributed by atoms with E-state index in [2.05, 4.69) is 19.8 Å². The average molecular weight is 306 g/mol. The lowest BCUT2D eigenvalue weighted by Gasteiger charge is -2.39. The van der Waals surface area contributed by atoms with Gasteiger partial charge in [-0.05, 0) is 19.3 Å². The van der Waals surface area contributed by atoms with Crippen molar-refractivity contribution in [2.24, 2.45) is 0 Å².